The summed E-state index contributed by atoms with van der Waals surface area (Å²) >= 11 is 0. The predicted molar refractivity (Wildman–Crippen MR) is 64.1 cm³/mol. The van der Waals surface area contributed by atoms with Crippen LogP contribution in [0.25, 0.3) is 0 Å². The highest BCUT2D eigenvalue weighted by molar-refractivity contribution is 5.74. The van der Waals surface area contributed by atoms with Crippen molar-refractivity contribution in [3.8, 4) is 5.88 Å². The van der Waals surface area contributed by atoms with Crippen LogP contribution >= 0.6 is 0 Å². The van der Waals surface area contributed by atoms with Gasteiger partial charge in [0.1, 0.15) is 11.5 Å². The van der Waals surface area contributed by atoms with Crippen molar-refractivity contribution in [1.29, 1.82) is 0 Å². The molecule has 1 unspecified atom stereocenters. The Labute approximate surface area is 114 Å². The standard InChI is InChI=1S/C12H15FN2O5/c1-3-18-10-7(12-19-4-5-20-12)9(8(13)11(16)17)14-6(2)15-10/h8,12H,3-5H2,1-2H3,(H,16,17). The number of hydrogen-bond acceptors (Lipinski definition) is 6. The second-order valence-electron chi connectivity index (χ2n) is 4.08. The molecule has 1 aromatic rings. The lowest BCUT2D eigenvalue weighted by Gasteiger charge is -2.18. The van der Waals surface area contributed by atoms with Crippen LogP contribution < -0.4 is 4.74 Å². The molecular formula is C12H15FN2O5. The zero-order valence-electron chi connectivity index (χ0n) is 11.1. The van der Waals surface area contributed by atoms with E-state index < -0.39 is 18.4 Å². The molecule has 2 heterocycles. The number of carboxylic acids is 1. The Hall–Kier alpha value is -1.80. The second-order valence-corrected chi connectivity index (χ2v) is 4.08. The number of aryl methyl sites for hydroxylation is 1. The van der Waals surface area contributed by atoms with Crippen molar-refractivity contribution in [3.63, 3.8) is 0 Å². The van der Waals surface area contributed by atoms with Crippen LogP contribution in [0, 0.1) is 6.92 Å². The van der Waals surface area contributed by atoms with E-state index >= 15 is 0 Å². The molecule has 0 aliphatic carbocycles. The molecule has 0 spiro atoms. The van der Waals surface area contributed by atoms with Crippen molar-refractivity contribution in [2.75, 3.05) is 19.8 Å². The second kappa shape index (κ2) is 6.10. The van der Waals surface area contributed by atoms with Gasteiger partial charge >= 0.3 is 5.97 Å². The van der Waals surface area contributed by atoms with Crippen molar-refractivity contribution in [3.05, 3.63) is 17.1 Å². The van der Waals surface area contributed by atoms with Crippen LogP contribution in [0.5, 0.6) is 5.88 Å². The van der Waals surface area contributed by atoms with Crippen LogP contribution in [-0.4, -0.2) is 40.9 Å². The number of carboxylic acid groups (broad SMARTS) is 1. The van der Waals surface area contributed by atoms with Gasteiger partial charge in [-0.05, 0) is 13.8 Å². The van der Waals surface area contributed by atoms with Crippen molar-refractivity contribution in [2.24, 2.45) is 0 Å². The molecule has 0 amide bonds. The number of nitrogens with zero attached hydrogens (tertiary/aromatic N) is 2. The third-order valence-electron chi connectivity index (χ3n) is 2.65. The summed E-state index contributed by atoms with van der Waals surface area (Å²) in [6.07, 6.45) is -3.21. The molecule has 2 rings (SSSR count). The van der Waals surface area contributed by atoms with Crippen molar-refractivity contribution >= 4 is 5.97 Å². The Bertz CT molecular complexity index is 505. The highest BCUT2D eigenvalue weighted by atomic mass is 19.1. The minimum absolute atomic E-state index is 0.0887. The molecule has 1 aliphatic heterocycles. The fourth-order valence-corrected chi connectivity index (χ4v) is 1.88. The average Bonchev–Trinajstić information content (AvgIpc) is 2.91. The number of rotatable bonds is 5. The Morgan fingerprint density at radius 2 is 2.15 bits per heavy atom. The van der Waals surface area contributed by atoms with Crippen LogP contribution in [0.1, 0.15) is 36.5 Å². The summed E-state index contributed by atoms with van der Waals surface area (Å²) in [7, 11) is 0. The van der Waals surface area contributed by atoms with Gasteiger partial charge in [-0.2, -0.15) is 4.98 Å². The quantitative estimate of drug-likeness (QED) is 0.872. The first kappa shape index (κ1) is 14.6. The first-order valence-electron chi connectivity index (χ1n) is 6.16. The molecule has 1 atom stereocenters. The van der Waals surface area contributed by atoms with Gasteiger partial charge in [0.05, 0.1) is 25.4 Å². The largest absolute Gasteiger partial charge is 0.479 e. The molecule has 8 heteroatoms. The maximum atomic E-state index is 13.9. The zero-order chi connectivity index (χ0) is 14.7. The van der Waals surface area contributed by atoms with E-state index in [1.54, 1.807) is 6.92 Å². The number of halogens is 1. The van der Waals surface area contributed by atoms with Gasteiger partial charge in [0.15, 0.2) is 6.29 Å². The maximum Gasteiger partial charge on any atom is 0.344 e. The van der Waals surface area contributed by atoms with Gasteiger partial charge in [-0.3, -0.25) is 0 Å². The molecule has 0 saturated carbocycles. The fraction of sp³-hybridized carbons (Fsp3) is 0.583. The van der Waals surface area contributed by atoms with E-state index in [1.165, 1.54) is 6.92 Å². The molecule has 0 radical (unpaired) electrons. The summed E-state index contributed by atoms with van der Waals surface area (Å²) in [6.45, 7) is 4.21. The van der Waals surface area contributed by atoms with E-state index in [0.717, 1.165) is 0 Å². The Morgan fingerprint density at radius 3 is 2.70 bits per heavy atom. The molecule has 0 aromatic carbocycles. The van der Waals surface area contributed by atoms with Crippen molar-refractivity contribution in [2.45, 2.75) is 26.3 Å². The number of carbonyl (C=O) groups is 1. The third kappa shape index (κ3) is 2.86. The number of aromatic nitrogens is 2. The number of alkyl halides is 1. The van der Waals surface area contributed by atoms with Crippen LogP contribution in [0.2, 0.25) is 0 Å². The van der Waals surface area contributed by atoms with E-state index in [2.05, 4.69) is 9.97 Å². The smallest absolute Gasteiger partial charge is 0.344 e. The summed E-state index contributed by atoms with van der Waals surface area (Å²) in [6, 6.07) is 0. The van der Waals surface area contributed by atoms with E-state index in [4.69, 9.17) is 19.3 Å². The molecule has 1 fully saturated rings. The third-order valence-corrected chi connectivity index (χ3v) is 2.65. The Balaban J connectivity index is 2.54. The van der Waals surface area contributed by atoms with E-state index in [-0.39, 0.29) is 23.0 Å². The summed E-state index contributed by atoms with van der Waals surface area (Å²) in [4.78, 5) is 18.8. The maximum absolute atomic E-state index is 13.9. The van der Waals surface area contributed by atoms with Gasteiger partial charge in [0, 0.05) is 0 Å². The highest BCUT2D eigenvalue weighted by Crippen LogP contribution is 2.36. The van der Waals surface area contributed by atoms with Crippen LogP contribution in [0.4, 0.5) is 4.39 Å². The average molecular weight is 286 g/mol. The lowest BCUT2D eigenvalue weighted by atomic mass is 10.1. The molecule has 110 valence electrons. The van der Waals surface area contributed by atoms with Gasteiger partial charge in [0.25, 0.3) is 0 Å². The predicted octanol–water partition coefficient (Wildman–Crippen LogP) is 1.32. The molecular weight excluding hydrogens is 271 g/mol. The summed E-state index contributed by atoms with van der Waals surface area (Å²) in [5.41, 5.74) is -0.190. The highest BCUT2D eigenvalue weighted by Gasteiger charge is 2.34. The molecule has 7 nitrogen and oxygen atoms in total. The molecule has 1 aromatic heterocycles. The number of hydrogen-bond donors (Lipinski definition) is 1. The number of aliphatic carboxylic acids is 1. The van der Waals surface area contributed by atoms with Gasteiger partial charge in [-0.15, -0.1) is 0 Å². The van der Waals surface area contributed by atoms with E-state index in [1.807, 2.05) is 0 Å². The Kier molecular flexibility index (Phi) is 4.46. The van der Waals surface area contributed by atoms with Gasteiger partial charge in [-0.1, -0.05) is 0 Å². The van der Waals surface area contributed by atoms with Crippen LogP contribution in [0.15, 0.2) is 0 Å². The first-order chi connectivity index (χ1) is 9.54. The molecule has 1 aliphatic rings. The first-order valence-corrected chi connectivity index (χ1v) is 6.16. The summed E-state index contributed by atoms with van der Waals surface area (Å²) < 4.78 is 29.8. The van der Waals surface area contributed by atoms with E-state index in [0.29, 0.717) is 19.8 Å². The topological polar surface area (TPSA) is 90.8 Å². The zero-order valence-corrected chi connectivity index (χ0v) is 11.1. The van der Waals surface area contributed by atoms with Crippen molar-refractivity contribution in [1.82, 2.24) is 9.97 Å². The minimum Gasteiger partial charge on any atom is -0.479 e. The molecule has 1 saturated heterocycles. The monoisotopic (exact) mass is 286 g/mol. The van der Waals surface area contributed by atoms with Crippen LogP contribution in [-0.2, 0) is 14.3 Å². The minimum atomic E-state index is -2.29. The fourth-order valence-electron chi connectivity index (χ4n) is 1.88. The van der Waals surface area contributed by atoms with E-state index in [9.17, 15) is 9.18 Å². The van der Waals surface area contributed by atoms with Gasteiger partial charge in [0.2, 0.25) is 12.1 Å². The summed E-state index contributed by atoms with van der Waals surface area (Å²) in [5.74, 6) is -1.33. The van der Waals surface area contributed by atoms with Crippen LogP contribution in [0.3, 0.4) is 0 Å². The van der Waals surface area contributed by atoms with Gasteiger partial charge < -0.3 is 19.3 Å². The van der Waals surface area contributed by atoms with Crippen molar-refractivity contribution < 1.29 is 28.5 Å². The molecule has 20 heavy (non-hydrogen) atoms. The summed E-state index contributed by atoms with van der Waals surface area (Å²) in [5, 5.41) is 8.86. The lowest BCUT2D eigenvalue weighted by molar-refractivity contribution is -0.143. The normalized spacial score (nSPS) is 17.1. The Morgan fingerprint density at radius 1 is 1.50 bits per heavy atom. The SMILES string of the molecule is CCOc1nc(C)nc(C(F)C(=O)O)c1C1OCCO1. The molecule has 0 bridgehead atoms. The molecule has 1 N–H and O–H groups in total. The number of ether oxygens (including phenoxy) is 3. The van der Waals surface area contributed by atoms with Gasteiger partial charge in [-0.25, -0.2) is 14.2 Å². The lowest BCUT2D eigenvalue weighted by Crippen LogP contribution is -2.17.